The highest BCUT2D eigenvalue weighted by Gasteiger charge is 2.12. The molecule has 0 amide bonds. The van der Waals surface area contributed by atoms with Crippen LogP contribution in [0.3, 0.4) is 0 Å². The van der Waals surface area contributed by atoms with Crippen molar-refractivity contribution in [3.63, 3.8) is 0 Å². The van der Waals surface area contributed by atoms with Crippen molar-refractivity contribution in [2.24, 2.45) is 10.1 Å². The second-order valence-electron chi connectivity index (χ2n) is 5.87. The number of rotatable bonds is 4. The zero-order chi connectivity index (χ0) is 19.5. The highest BCUT2D eigenvalue weighted by molar-refractivity contribution is 7.11. The molecule has 140 valence electrons. The number of thiazole rings is 1. The first-order chi connectivity index (χ1) is 13.6. The quantitative estimate of drug-likeness (QED) is 0.335. The zero-order valence-electron chi connectivity index (χ0n) is 14.7. The van der Waals surface area contributed by atoms with E-state index in [0.29, 0.717) is 14.8 Å². The number of aryl methyl sites for hydroxylation is 1. The van der Waals surface area contributed by atoms with Gasteiger partial charge in [-0.25, -0.2) is 9.67 Å². The summed E-state index contributed by atoms with van der Waals surface area (Å²) in [6, 6.07) is 11.2. The molecule has 0 N–H and O–H groups in total. The molecule has 0 radical (unpaired) electrons. The lowest BCUT2D eigenvalue weighted by molar-refractivity contribution is 0.854. The van der Waals surface area contributed by atoms with Crippen molar-refractivity contribution in [2.45, 2.75) is 6.92 Å². The van der Waals surface area contributed by atoms with Crippen LogP contribution in [-0.4, -0.2) is 15.9 Å². The number of hydrogen-bond donors (Lipinski definition) is 0. The maximum absolute atomic E-state index is 6.44. The fourth-order valence-corrected chi connectivity index (χ4v) is 4.54. The van der Waals surface area contributed by atoms with Crippen molar-refractivity contribution < 1.29 is 0 Å². The standard InChI is InChI=1S/C20H14Cl2N4S2/c1-13-6-8-27-19(13)11-24-26-18(16-9-14(21)4-5-17(16)22)12-28-20(26)25-15-3-2-7-23-10-15/h2-12H,1H3. The van der Waals surface area contributed by atoms with Crippen LogP contribution in [0.4, 0.5) is 5.69 Å². The average Bonchev–Trinajstić information content (AvgIpc) is 3.29. The zero-order valence-corrected chi connectivity index (χ0v) is 17.9. The molecular formula is C20H14Cl2N4S2. The fourth-order valence-electron chi connectivity index (χ4n) is 2.53. The predicted molar refractivity (Wildman–Crippen MR) is 119 cm³/mol. The van der Waals surface area contributed by atoms with Crippen molar-refractivity contribution in [1.82, 2.24) is 9.66 Å². The maximum Gasteiger partial charge on any atom is 0.211 e. The van der Waals surface area contributed by atoms with E-state index in [1.807, 2.05) is 35.2 Å². The minimum Gasteiger partial charge on any atom is -0.262 e. The molecule has 0 spiro atoms. The Hall–Kier alpha value is -2.25. The van der Waals surface area contributed by atoms with Crippen LogP contribution < -0.4 is 4.80 Å². The Labute approximate surface area is 180 Å². The molecule has 1 aromatic carbocycles. The van der Waals surface area contributed by atoms with E-state index in [-0.39, 0.29) is 0 Å². The molecule has 0 bridgehead atoms. The topological polar surface area (TPSA) is 42.5 Å². The van der Waals surface area contributed by atoms with E-state index in [9.17, 15) is 0 Å². The van der Waals surface area contributed by atoms with Crippen LogP contribution in [0.2, 0.25) is 10.0 Å². The summed E-state index contributed by atoms with van der Waals surface area (Å²) in [5.74, 6) is 0. The van der Waals surface area contributed by atoms with Gasteiger partial charge in [-0.2, -0.15) is 5.10 Å². The van der Waals surface area contributed by atoms with Gasteiger partial charge in [0, 0.05) is 22.2 Å². The molecule has 0 aliphatic carbocycles. The lowest BCUT2D eigenvalue weighted by atomic mass is 10.2. The van der Waals surface area contributed by atoms with Crippen molar-refractivity contribution in [3.05, 3.63) is 84.8 Å². The van der Waals surface area contributed by atoms with Crippen LogP contribution in [0.1, 0.15) is 10.4 Å². The van der Waals surface area contributed by atoms with Crippen molar-refractivity contribution in [2.75, 3.05) is 0 Å². The van der Waals surface area contributed by atoms with Crippen LogP contribution in [0.5, 0.6) is 0 Å². The average molecular weight is 445 g/mol. The Kier molecular flexibility index (Phi) is 5.73. The third-order valence-corrected chi connectivity index (χ3v) is 6.29. The Balaban J connectivity index is 1.90. The minimum absolute atomic E-state index is 0.603. The summed E-state index contributed by atoms with van der Waals surface area (Å²) in [7, 11) is 0. The molecule has 4 aromatic rings. The molecule has 4 nitrogen and oxygen atoms in total. The second-order valence-corrected chi connectivity index (χ2v) is 8.50. The van der Waals surface area contributed by atoms with Crippen molar-refractivity contribution in [3.8, 4) is 11.3 Å². The van der Waals surface area contributed by atoms with Crippen molar-refractivity contribution in [1.29, 1.82) is 0 Å². The van der Waals surface area contributed by atoms with E-state index in [1.165, 1.54) is 16.9 Å². The minimum atomic E-state index is 0.603. The number of hydrogen-bond acceptors (Lipinski definition) is 5. The lowest BCUT2D eigenvalue weighted by Crippen LogP contribution is -2.11. The smallest absolute Gasteiger partial charge is 0.211 e. The highest BCUT2D eigenvalue weighted by Crippen LogP contribution is 2.31. The summed E-state index contributed by atoms with van der Waals surface area (Å²) in [5.41, 5.74) is 3.56. The molecule has 0 unspecified atom stereocenters. The van der Waals surface area contributed by atoms with E-state index in [0.717, 1.165) is 21.8 Å². The molecule has 28 heavy (non-hydrogen) atoms. The third kappa shape index (κ3) is 4.10. The first kappa shape index (κ1) is 19.1. The number of nitrogens with zero attached hydrogens (tertiary/aromatic N) is 4. The number of pyridine rings is 1. The Morgan fingerprint density at radius 1 is 1.14 bits per heavy atom. The van der Waals surface area contributed by atoms with Gasteiger partial charge in [0.15, 0.2) is 0 Å². The molecule has 0 saturated carbocycles. The van der Waals surface area contributed by atoms with Crippen LogP contribution in [0.25, 0.3) is 11.3 Å². The van der Waals surface area contributed by atoms with Crippen molar-refractivity contribution >= 4 is 57.8 Å². The summed E-state index contributed by atoms with van der Waals surface area (Å²) >= 11 is 15.8. The largest absolute Gasteiger partial charge is 0.262 e. The third-order valence-electron chi connectivity index (χ3n) is 3.95. The predicted octanol–water partition coefficient (Wildman–Crippen LogP) is 6.40. The summed E-state index contributed by atoms with van der Waals surface area (Å²) in [6.45, 7) is 2.06. The van der Waals surface area contributed by atoms with Gasteiger partial charge < -0.3 is 0 Å². The van der Waals surface area contributed by atoms with E-state index < -0.39 is 0 Å². The Morgan fingerprint density at radius 2 is 2.04 bits per heavy atom. The monoisotopic (exact) mass is 444 g/mol. The molecule has 4 rings (SSSR count). The van der Waals surface area contributed by atoms with E-state index in [1.54, 1.807) is 40.5 Å². The van der Waals surface area contributed by atoms with Gasteiger partial charge in [-0.1, -0.05) is 23.2 Å². The van der Waals surface area contributed by atoms with Gasteiger partial charge in [-0.05, 0) is 54.3 Å². The van der Waals surface area contributed by atoms with E-state index in [4.69, 9.17) is 33.3 Å². The van der Waals surface area contributed by atoms with Gasteiger partial charge in [0.25, 0.3) is 0 Å². The van der Waals surface area contributed by atoms with Crippen LogP contribution in [0, 0.1) is 6.92 Å². The summed E-state index contributed by atoms with van der Waals surface area (Å²) < 4.78 is 1.79. The fraction of sp³-hybridized carbons (Fsp3) is 0.0500. The lowest BCUT2D eigenvalue weighted by Gasteiger charge is -2.06. The molecule has 0 fully saturated rings. The molecule has 0 aliphatic rings. The molecule has 0 atom stereocenters. The highest BCUT2D eigenvalue weighted by atomic mass is 35.5. The molecule has 3 heterocycles. The second kappa shape index (κ2) is 8.41. The molecule has 3 aromatic heterocycles. The molecular weight excluding hydrogens is 431 g/mol. The molecule has 8 heteroatoms. The van der Waals surface area contributed by atoms with E-state index in [2.05, 4.69) is 18.0 Å². The summed E-state index contributed by atoms with van der Waals surface area (Å²) in [6.07, 6.45) is 5.27. The van der Waals surface area contributed by atoms with Crippen LogP contribution >= 0.6 is 45.9 Å². The number of aromatic nitrogens is 2. The van der Waals surface area contributed by atoms with Gasteiger partial charge >= 0.3 is 0 Å². The van der Waals surface area contributed by atoms with Crippen LogP contribution in [-0.2, 0) is 0 Å². The normalized spacial score (nSPS) is 12.2. The SMILES string of the molecule is Cc1ccsc1C=Nn1c(-c2cc(Cl)ccc2Cl)csc1=Nc1cccnc1. The summed E-state index contributed by atoms with van der Waals surface area (Å²) in [5, 5.41) is 9.95. The van der Waals surface area contributed by atoms with Gasteiger partial charge in [0.2, 0.25) is 4.80 Å². The number of halogens is 2. The van der Waals surface area contributed by atoms with Gasteiger partial charge in [-0.15, -0.1) is 22.7 Å². The Bertz CT molecular complexity index is 1210. The van der Waals surface area contributed by atoms with Gasteiger partial charge in [0.1, 0.15) is 0 Å². The first-order valence-electron chi connectivity index (χ1n) is 8.31. The van der Waals surface area contributed by atoms with Gasteiger partial charge in [0.05, 0.1) is 33.7 Å². The Morgan fingerprint density at radius 3 is 2.79 bits per heavy atom. The number of benzene rings is 1. The number of thiophene rings is 1. The summed E-state index contributed by atoms with van der Waals surface area (Å²) in [4.78, 5) is 10.6. The van der Waals surface area contributed by atoms with Gasteiger partial charge in [-0.3, -0.25) is 4.98 Å². The maximum atomic E-state index is 6.44. The first-order valence-corrected chi connectivity index (χ1v) is 10.8. The molecule has 0 aliphatic heterocycles. The van der Waals surface area contributed by atoms with E-state index >= 15 is 0 Å². The molecule has 0 saturated heterocycles. The van der Waals surface area contributed by atoms with Crippen LogP contribution in [0.15, 0.2) is 69.6 Å².